The van der Waals surface area contributed by atoms with Crippen molar-refractivity contribution in [2.75, 3.05) is 13.3 Å². The van der Waals surface area contributed by atoms with E-state index in [-0.39, 0.29) is 6.79 Å². The number of hydrogen-bond acceptors (Lipinski definition) is 5. The Labute approximate surface area is 99.5 Å². The molecule has 0 aliphatic carbocycles. The van der Waals surface area contributed by atoms with Crippen LogP contribution in [0.5, 0.6) is 0 Å². The van der Waals surface area contributed by atoms with E-state index >= 15 is 0 Å². The molecule has 0 spiro atoms. The molecule has 0 aromatic heterocycles. The molecule has 0 fully saturated rings. The van der Waals surface area contributed by atoms with Gasteiger partial charge in [0.2, 0.25) is 6.79 Å². The molecule has 0 atom stereocenters. The fourth-order valence-corrected chi connectivity index (χ4v) is 1.27. The topological polar surface area (TPSA) is 78.6 Å². The molecule has 0 saturated heterocycles. The molecule has 1 rings (SSSR count). The minimum absolute atomic E-state index is 0.366. The van der Waals surface area contributed by atoms with Gasteiger partial charge in [-0.3, -0.25) is 4.79 Å². The molecule has 0 aliphatic rings. The number of rotatable bonds is 5. The molecule has 0 aliphatic heterocycles. The monoisotopic (exact) mass is 237 g/mol. The molecule has 0 heterocycles. The number of carbonyl (C=O) groups excluding carboxylic acids is 2. The minimum Gasteiger partial charge on any atom is -0.428 e. The highest BCUT2D eigenvalue weighted by Crippen LogP contribution is 2.07. The van der Waals surface area contributed by atoms with E-state index in [2.05, 4.69) is 4.74 Å². The minimum atomic E-state index is -0.523. The van der Waals surface area contributed by atoms with E-state index in [1.54, 1.807) is 18.2 Å². The molecule has 0 bridgehead atoms. The second-order valence-electron chi connectivity index (χ2n) is 3.42. The molecular weight excluding hydrogens is 222 g/mol. The smallest absolute Gasteiger partial charge is 0.341 e. The SMILES string of the molecule is CC(=O)OCOC(=O)c1cccc(CCN)c1. The number of carbonyl (C=O) groups is 2. The van der Waals surface area contributed by atoms with Crippen molar-refractivity contribution in [3.63, 3.8) is 0 Å². The molecule has 17 heavy (non-hydrogen) atoms. The summed E-state index contributed by atoms with van der Waals surface area (Å²) >= 11 is 0. The zero-order chi connectivity index (χ0) is 12.7. The average Bonchev–Trinajstić information content (AvgIpc) is 2.29. The van der Waals surface area contributed by atoms with Crippen molar-refractivity contribution in [2.24, 2.45) is 5.73 Å². The predicted octanol–water partition coefficient (Wildman–Crippen LogP) is 0.865. The van der Waals surface area contributed by atoms with Crippen LogP contribution in [0.25, 0.3) is 0 Å². The lowest BCUT2D eigenvalue weighted by Gasteiger charge is -2.05. The van der Waals surface area contributed by atoms with E-state index in [9.17, 15) is 9.59 Å². The van der Waals surface area contributed by atoms with Crippen LogP contribution in [-0.2, 0) is 20.7 Å². The Kier molecular flexibility index (Phi) is 5.16. The number of ether oxygens (including phenoxy) is 2. The second-order valence-corrected chi connectivity index (χ2v) is 3.42. The highest BCUT2D eigenvalue weighted by atomic mass is 16.7. The van der Waals surface area contributed by atoms with Gasteiger partial charge in [0.25, 0.3) is 0 Å². The first-order chi connectivity index (χ1) is 8.13. The lowest BCUT2D eigenvalue weighted by atomic mass is 10.1. The summed E-state index contributed by atoms with van der Waals surface area (Å²) in [5.74, 6) is -1.01. The van der Waals surface area contributed by atoms with Crippen LogP contribution in [0.2, 0.25) is 0 Å². The summed E-state index contributed by atoms with van der Waals surface area (Å²) in [7, 11) is 0. The van der Waals surface area contributed by atoms with E-state index in [0.29, 0.717) is 18.5 Å². The second kappa shape index (κ2) is 6.65. The summed E-state index contributed by atoms with van der Waals surface area (Å²) in [6, 6.07) is 6.99. The predicted molar refractivity (Wildman–Crippen MR) is 61.2 cm³/mol. The van der Waals surface area contributed by atoms with Crippen molar-refractivity contribution in [1.82, 2.24) is 0 Å². The quantitative estimate of drug-likeness (QED) is 0.607. The van der Waals surface area contributed by atoms with E-state index in [0.717, 1.165) is 5.56 Å². The van der Waals surface area contributed by atoms with Crippen LogP contribution in [0.4, 0.5) is 0 Å². The Morgan fingerprint density at radius 3 is 2.71 bits per heavy atom. The van der Waals surface area contributed by atoms with Gasteiger partial charge in [-0.2, -0.15) is 0 Å². The van der Waals surface area contributed by atoms with E-state index in [1.165, 1.54) is 6.92 Å². The summed E-state index contributed by atoms with van der Waals surface area (Å²) < 4.78 is 9.27. The summed E-state index contributed by atoms with van der Waals surface area (Å²) in [5.41, 5.74) is 6.81. The van der Waals surface area contributed by atoms with Gasteiger partial charge in [0.05, 0.1) is 5.56 Å². The Morgan fingerprint density at radius 1 is 1.29 bits per heavy atom. The Bertz CT molecular complexity index is 403. The first-order valence-corrected chi connectivity index (χ1v) is 5.23. The zero-order valence-electron chi connectivity index (χ0n) is 9.64. The van der Waals surface area contributed by atoms with Gasteiger partial charge in [-0.25, -0.2) is 4.79 Å². The van der Waals surface area contributed by atoms with Gasteiger partial charge < -0.3 is 15.2 Å². The van der Waals surface area contributed by atoms with Gasteiger partial charge in [-0.1, -0.05) is 12.1 Å². The molecule has 0 radical (unpaired) electrons. The van der Waals surface area contributed by atoms with Crippen LogP contribution >= 0.6 is 0 Å². The maximum atomic E-state index is 11.5. The molecule has 0 amide bonds. The molecule has 1 aromatic rings. The van der Waals surface area contributed by atoms with Crippen LogP contribution in [0, 0.1) is 0 Å². The van der Waals surface area contributed by atoms with Crippen molar-refractivity contribution in [3.05, 3.63) is 35.4 Å². The third-order valence-electron chi connectivity index (χ3n) is 2.05. The van der Waals surface area contributed by atoms with Crippen molar-refractivity contribution >= 4 is 11.9 Å². The maximum Gasteiger partial charge on any atom is 0.341 e. The summed E-state index contributed by atoms with van der Waals surface area (Å²) in [5, 5.41) is 0. The maximum absolute atomic E-state index is 11.5. The molecule has 5 nitrogen and oxygen atoms in total. The lowest BCUT2D eigenvalue weighted by molar-refractivity contribution is -0.149. The van der Waals surface area contributed by atoms with Gasteiger partial charge in [-0.05, 0) is 30.7 Å². The van der Waals surface area contributed by atoms with Crippen molar-refractivity contribution in [1.29, 1.82) is 0 Å². The number of hydrogen-bond donors (Lipinski definition) is 1. The first-order valence-electron chi connectivity index (χ1n) is 5.23. The molecule has 5 heteroatoms. The van der Waals surface area contributed by atoms with Gasteiger partial charge in [0, 0.05) is 6.92 Å². The number of nitrogens with two attached hydrogens (primary N) is 1. The Hall–Kier alpha value is -1.88. The normalized spacial score (nSPS) is 9.76. The van der Waals surface area contributed by atoms with Crippen LogP contribution in [0.1, 0.15) is 22.8 Å². The molecule has 2 N–H and O–H groups in total. The van der Waals surface area contributed by atoms with Crippen LogP contribution in [0.15, 0.2) is 24.3 Å². The standard InChI is InChI=1S/C12H15NO4/c1-9(14)16-8-17-12(15)11-4-2-3-10(7-11)5-6-13/h2-4,7H,5-6,8,13H2,1H3. The molecule has 0 unspecified atom stereocenters. The fraction of sp³-hybridized carbons (Fsp3) is 0.333. The van der Waals surface area contributed by atoms with Gasteiger partial charge in [0.1, 0.15) is 0 Å². The molecule has 92 valence electrons. The van der Waals surface area contributed by atoms with E-state index in [1.807, 2.05) is 6.07 Å². The summed E-state index contributed by atoms with van der Waals surface area (Å²) in [6.45, 7) is 1.40. The van der Waals surface area contributed by atoms with Crippen LogP contribution < -0.4 is 5.73 Å². The zero-order valence-corrected chi connectivity index (χ0v) is 9.64. The highest BCUT2D eigenvalue weighted by molar-refractivity contribution is 5.89. The largest absolute Gasteiger partial charge is 0.428 e. The summed E-state index contributed by atoms with van der Waals surface area (Å²) in [4.78, 5) is 22.0. The van der Waals surface area contributed by atoms with E-state index in [4.69, 9.17) is 10.5 Å². The van der Waals surface area contributed by atoms with E-state index < -0.39 is 11.9 Å². The third kappa shape index (κ3) is 4.65. The summed E-state index contributed by atoms with van der Waals surface area (Å²) in [6.07, 6.45) is 0.699. The molecule has 1 aromatic carbocycles. The van der Waals surface area contributed by atoms with Crippen LogP contribution in [-0.4, -0.2) is 25.3 Å². The Morgan fingerprint density at radius 2 is 2.06 bits per heavy atom. The van der Waals surface area contributed by atoms with Crippen molar-refractivity contribution in [3.8, 4) is 0 Å². The highest BCUT2D eigenvalue weighted by Gasteiger charge is 2.08. The molecule has 0 saturated carbocycles. The van der Waals surface area contributed by atoms with Crippen molar-refractivity contribution in [2.45, 2.75) is 13.3 Å². The lowest BCUT2D eigenvalue weighted by Crippen LogP contribution is -2.11. The van der Waals surface area contributed by atoms with Gasteiger partial charge >= 0.3 is 11.9 Å². The Balaban J connectivity index is 2.56. The molecular formula is C12H15NO4. The first kappa shape index (κ1) is 13.2. The van der Waals surface area contributed by atoms with Crippen LogP contribution in [0.3, 0.4) is 0 Å². The number of benzene rings is 1. The third-order valence-corrected chi connectivity index (χ3v) is 2.05. The number of esters is 2. The van der Waals surface area contributed by atoms with Gasteiger partial charge in [0.15, 0.2) is 0 Å². The van der Waals surface area contributed by atoms with Gasteiger partial charge in [-0.15, -0.1) is 0 Å². The fourth-order valence-electron chi connectivity index (χ4n) is 1.27. The van der Waals surface area contributed by atoms with Crippen molar-refractivity contribution < 1.29 is 19.1 Å². The average molecular weight is 237 g/mol.